The molecule has 0 spiro atoms. The van der Waals surface area contributed by atoms with Gasteiger partial charge in [-0.1, -0.05) is 6.92 Å². The summed E-state index contributed by atoms with van der Waals surface area (Å²) in [5.74, 6) is 1.89. The quantitative estimate of drug-likeness (QED) is 0.808. The van der Waals surface area contributed by atoms with Crippen LogP contribution in [0.25, 0.3) is 0 Å². The molecular formula is C11H18ClN3O. The van der Waals surface area contributed by atoms with Gasteiger partial charge in [-0.05, 0) is 20.3 Å². The Labute approximate surface area is 101 Å². The molecule has 5 heteroatoms. The highest BCUT2D eigenvalue weighted by atomic mass is 35.5. The van der Waals surface area contributed by atoms with Crippen LogP contribution in [0.15, 0.2) is 6.33 Å². The molecule has 1 aromatic heterocycles. The first-order valence-corrected chi connectivity index (χ1v) is 5.79. The lowest BCUT2D eigenvalue weighted by molar-refractivity contribution is 0.393. The summed E-state index contributed by atoms with van der Waals surface area (Å²) in [7, 11) is 1.60. The molecular weight excluding hydrogens is 226 g/mol. The van der Waals surface area contributed by atoms with E-state index in [1.165, 1.54) is 6.33 Å². The SMILES string of the molecule is CCC(C)(CCl)Nc1ncnc(OC)c1C. The highest BCUT2D eigenvalue weighted by molar-refractivity contribution is 6.18. The van der Waals surface area contributed by atoms with Gasteiger partial charge in [0, 0.05) is 11.4 Å². The van der Waals surface area contributed by atoms with E-state index in [2.05, 4.69) is 29.1 Å². The number of nitrogens with one attached hydrogen (secondary N) is 1. The number of halogens is 1. The van der Waals surface area contributed by atoms with Crippen LogP contribution < -0.4 is 10.1 Å². The van der Waals surface area contributed by atoms with Gasteiger partial charge in [0.1, 0.15) is 12.1 Å². The van der Waals surface area contributed by atoms with Crippen molar-refractivity contribution >= 4 is 17.4 Å². The molecule has 90 valence electrons. The van der Waals surface area contributed by atoms with E-state index in [0.29, 0.717) is 11.8 Å². The van der Waals surface area contributed by atoms with Crippen LogP contribution in [0.5, 0.6) is 5.88 Å². The number of alkyl halides is 1. The molecule has 1 heterocycles. The highest BCUT2D eigenvalue weighted by Crippen LogP contribution is 2.24. The number of anilines is 1. The van der Waals surface area contributed by atoms with E-state index >= 15 is 0 Å². The summed E-state index contributed by atoms with van der Waals surface area (Å²) >= 11 is 5.95. The molecule has 0 radical (unpaired) electrons. The number of hydrogen-bond acceptors (Lipinski definition) is 4. The molecule has 4 nitrogen and oxygen atoms in total. The van der Waals surface area contributed by atoms with Crippen molar-refractivity contribution in [2.45, 2.75) is 32.7 Å². The summed E-state index contributed by atoms with van der Waals surface area (Å²) < 4.78 is 5.14. The molecule has 1 atom stereocenters. The van der Waals surface area contributed by atoms with Gasteiger partial charge in [0.25, 0.3) is 0 Å². The molecule has 0 amide bonds. The second-order valence-electron chi connectivity index (χ2n) is 4.03. The number of rotatable bonds is 5. The third-order valence-corrected chi connectivity index (χ3v) is 3.32. The molecule has 0 saturated carbocycles. The molecule has 1 aromatic rings. The second-order valence-corrected chi connectivity index (χ2v) is 4.30. The summed E-state index contributed by atoms with van der Waals surface area (Å²) in [5, 5.41) is 3.33. The van der Waals surface area contributed by atoms with Crippen LogP contribution in [-0.2, 0) is 0 Å². The molecule has 1 N–H and O–H groups in total. The Kier molecular flexibility index (Phi) is 4.35. The highest BCUT2D eigenvalue weighted by Gasteiger charge is 2.22. The maximum atomic E-state index is 5.95. The summed E-state index contributed by atoms with van der Waals surface area (Å²) in [6, 6.07) is 0. The summed E-state index contributed by atoms with van der Waals surface area (Å²) in [4.78, 5) is 8.24. The lowest BCUT2D eigenvalue weighted by Gasteiger charge is -2.28. The Hall–Kier alpha value is -1.03. The van der Waals surface area contributed by atoms with Crippen molar-refractivity contribution in [3.05, 3.63) is 11.9 Å². The van der Waals surface area contributed by atoms with Crippen LogP contribution in [0.1, 0.15) is 25.8 Å². The van der Waals surface area contributed by atoms with E-state index in [4.69, 9.17) is 16.3 Å². The molecule has 16 heavy (non-hydrogen) atoms. The predicted octanol–water partition coefficient (Wildman–Crippen LogP) is 2.61. The van der Waals surface area contributed by atoms with E-state index < -0.39 is 0 Å². The molecule has 1 rings (SSSR count). The van der Waals surface area contributed by atoms with Gasteiger partial charge in [0.05, 0.1) is 12.7 Å². The molecule has 0 bridgehead atoms. The zero-order chi connectivity index (χ0) is 12.2. The third kappa shape index (κ3) is 2.76. The second kappa shape index (κ2) is 5.34. The van der Waals surface area contributed by atoms with E-state index in [1.807, 2.05) is 6.92 Å². The van der Waals surface area contributed by atoms with Gasteiger partial charge in [-0.2, -0.15) is 0 Å². The van der Waals surface area contributed by atoms with Crippen LogP contribution in [0.3, 0.4) is 0 Å². The normalized spacial score (nSPS) is 14.3. The number of methoxy groups -OCH3 is 1. The minimum atomic E-state index is -0.161. The Morgan fingerprint density at radius 1 is 1.50 bits per heavy atom. The van der Waals surface area contributed by atoms with Crippen molar-refractivity contribution in [2.75, 3.05) is 18.3 Å². The van der Waals surface area contributed by atoms with E-state index in [1.54, 1.807) is 7.11 Å². The van der Waals surface area contributed by atoms with E-state index in [9.17, 15) is 0 Å². The van der Waals surface area contributed by atoms with Gasteiger partial charge in [-0.3, -0.25) is 0 Å². The van der Waals surface area contributed by atoms with Crippen LogP contribution >= 0.6 is 11.6 Å². The Morgan fingerprint density at radius 3 is 2.69 bits per heavy atom. The predicted molar refractivity (Wildman–Crippen MR) is 66.4 cm³/mol. The molecule has 0 aliphatic rings. The first-order valence-electron chi connectivity index (χ1n) is 5.26. The number of ether oxygens (including phenoxy) is 1. The van der Waals surface area contributed by atoms with Crippen molar-refractivity contribution in [3.63, 3.8) is 0 Å². The number of hydrogen-bond donors (Lipinski definition) is 1. The molecule has 0 aliphatic carbocycles. The maximum absolute atomic E-state index is 5.95. The van der Waals surface area contributed by atoms with Crippen molar-refractivity contribution in [3.8, 4) is 5.88 Å². The summed E-state index contributed by atoms with van der Waals surface area (Å²) in [6.07, 6.45) is 2.40. The topological polar surface area (TPSA) is 47.0 Å². The smallest absolute Gasteiger partial charge is 0.221 e. The average molecular weight is 244 g/mol. The van der Waals surface area contributed by atoms with Gasteiger partial charge >= 0.3 is 0 Å². The Bertz CT molecular complexity index is 353. The Morgan fingerprint density at radius 2 is 2.19 bits per heavy atom. The van der Waals surface area contributed by atoms with Crippen LogP contribution in [0.4, 0.5) is 5.82 Å². The fraction of sp³-hybridized carbons (Fsp3) is 0.636. The standard InChI is InChI=1S/C11H18ClN3O/c1-5-11(3,6-12)15-9-8(2)10(16-4)14-7-13-9/h7H,5-6H2,1-4H3,(H,13,14,15). The largest absolute Gasteiger partial charge is 0.481 e. The number of aromatic nitrogens is 2. The molecule has 0 saturated heterocycles. The van der Waals surface area contributed by atoms with Crippen molar-refractivity contribution in [1.82, 2.24) is 9.97 Å². The lowest BCUT2D eigenvalue weighted by atomic mass is 10.0. The van der Waals surface area contributed by atoms with Crippen LogP contribution in [0.2, 0.25) is 0 Å². The average Bonchev–Trinajstić information content (AvgIpc) is 2.32. The summed E-state index contributed by atoms with van der Waals surface area (Å²) in [5.41, 5.74) is 0.737. The minimum Gasteiger partial charge on any atom is -0.481 e. The fourth-order valence-corrected chi connectivity index (χ4v) is 1.52. The third-order valence-electron chi connectivity index (χ3n) is 2.73. The van der Waals surface area contributed by atoms with Crippen LogP contribution in [-0.4, -0.2) is 28.5 Å². The summed E-state index contributed by atoms with van der Waals surface area (Å²) in [6.45, 7) is 6.07. The first-order chi connectivity index (χ1) is 7.56. The van der Waals surface area contributed by atoms with Gasteiger partial charge in [0.15, 0.2) is 0 Å². The van der Waals surface area contributed by atoms with Gasteiger partial charge in [0.2, 0.25) is 5.88 Å². The molecule has 0 fully saturated rings. The monoisotopic (exact) mass is 243 g/mol. The Balaban J connectivity index is 2.97. The lowest BCUT2D eigenvalue weighted by Crippen LogP contribution is -2.36. The first kappa shape index (κ1) is 13.0. The van der Waals surface area contributed by atoms with E-state index in [0.717, 1.165) is 17.8 Å². The number of nitrogens with zero attached hydrogens (tertiary/aromatic N) is 2. The zero-order valence-electron chi connectivity index (χ0n) is 10.2. The minimum absolute atomic E-state index is 0.161. The van der Waals surface area contributed by atoms with Crippen LogP contribution in [0, 0.1) is 6.92 Å². The van der Waals surface area contributed by atoms with Gasteiger partial charge in [-0.15, -0.1) is 11.6 Å². The van der Waals surface area contributed by atoms with Crippen molar-refractivity contribution < 1.29 is 4.74 Å². The van der Waals surface area contributed by atoms with Crippen molar-refractivity contribution in [2.24, 2.45) is 0 Å². The molecule has 0 aromatic carbocycles. The van der Waals surface area contributed by atoms with Gasteiger partial charge in [-0.25, -0.2) is 9.97 Å². The maximum Gasteiger partial charge on any atom is 0.221 e. The van der Waals surface area contributed by atoms with Crippen molar-refractivity contribution in [1.29, 1.82) is 0 Å². The molecule has 1 unspecified atom stereocenters. The van der Waals surface area contributed by atoms with E-state index in [-0.39, 0.29) is 5.54 Å². The van der Waals surface area contributed by atoms with Gasteiger partial charge < -0.3 is 10.1 Å². The molecule has 0 aliphatic heterocycles. The fourth-order valence-electron chi connectivity index (χ4n) is 1.27. The zero-order valence-corrected chi connectivity index (χ0v) is 10.9.